The fourth-order valence-electron chi connectivity index (χ4n) is 1.37. The van der Waals surface area contributed by atoms with Crippen LogP contribution in [0.15, 0.2) is 23.4 Å². The third kappa shape index (κ3) is 2.92. The van der Waals surface area contributed by atoms with Gasteiger partial charge in [0.25, 0.3) is 5.91 Å². The Labute approximate surface area is 106 Å². The van der Waals surface area contributed by atoms with E-state index in [0.717, 1.165) is 0 Å². The summed E-state index contributed by atoms with van der Waals surface area (Å²) < 4.78 is 0. The molecule has 94 valence electrons. The van der Waals surface area contributed by atoms with Crippen LogP contribution in [0.4, 0.5) is 0 Å². The minimum Gasteiger partial charge on any atom is -0.480 e. The Bertz CT molecular complexity index is 523. The zero-order valence-electron chi connectivity index (χ0n) is 9.16. The summed E-state index contributed by atoms with van der Waals surface area (Å²) in [6.07, 6.45) is 3.12. The predicted octanol–water partition coefficient (Wildman–Crippen LogP) is 0.292. The van der Waals surface area contributed by atoms with Crippen LogP contribution in [-0.4, -0.2) is 38.0 Å². The number of thiazole rings is 1. The Morgan fingerprint density at radius 3 is 2.94 bits per heavy atom. The Morgan fingerprint density at radius 1 is 1.56 bits per heavy atom. The quantitative estimate of drug-likeness (QED) is 0.721. The molecule has 8 heteroatoms. The minimum absolute atomic E-state index is 0.144. The molecule has 2 aromatic rings. The molecule has 0 aromatic carbocycles. The molecule has 0 spiro atoms. The smallest absolute Gasteiger partial charge is 0.326 e. The molecule has 0 fully saturated rings. The van der Waals surface area contributed by atoms with Crippen molar-refractivity contribution in [3.8, 4) is 0 Å². The molecular formula is C10H10N4O3S. The van der Waals surface area contributed by atoms with Crippen LogP contribution in [-0.2, 0) is 11.2 Å². The van der Waals surface area contributed by atoms with Gasteiger partial charge in [-0.2, -0.15) is 0 Å². The molecule has 0 radical (unpaired) electrons. The maximum atomic E-state index is 11.7. The van der Waals surface area contributed by atoms with E-state index in [-0.39, 0.29) is 12.1 Å². The number of aliphatic carboxylic acids is 1. The highest BCUT2D eigenvalue weighted by molar-refractivity contribution is 7.07. The van der Waals surface area contributed by atoms with Crippen LogP contribution in [0.1, 0.15) is 16.2 Å². The second-order valence-electron chi connectivity index (χ2n) is 3.52. The molecule has 1 atom stereocenters. The van der Waals surface area contributed by atoms with Crippen molar-refractivity contribution in [3.63, 3.8) is 0 Å². The van der Waals surface area contributed by atoms with Crippen LogP contribution in [0.3, 0.4) is 0 Å². The summed E-state index contributed by atoms with van der Waals surface area (Å²) in [5.41, 5.74) is 2.37. The van der Waals surface area contributed by atoms with Crippen molar-refractivity contribution in [1.82, 2.24) is 20.3 Å². The van der Waals surface area contributed by atoms with Gasteiger partial charge in [0, 0.05) is 23.7 Å². The number of carbonyl (C=O) groups excluding carboxylic acids is 1. The molecule has 0 saturated carbocycles. The highest BCUT2D eigenvalue weighted by Crippen LogP contribution is 2.03. The number of imidazole rings is 1. The molecular weight excluding hydrogens is 256 g/mol. The van der Waals surface area contributed by atoms with Gasteiger partial charge in [-0.25, -0.2) is 14.8 Å². The van der Waals surface area contributed by atoms with E-state index in [9.17, 15) is 9.59 Å². The lowest BCUT2D eigenvalue weighted by Crippen LogP contribution is -2.42. The first-order chi connectivity index (χ1) is 8.66. The van der Waals surface area contributed by atoms with Crippen LogP contribution in [0, 0.1) is 0 Å². The number of aromatic amines is 1. The highest BCUT2D eigenvalue weighted by Gasteiger charge is 2.22. The number of nitrogens with zero attached hydrogens (tertiary/aromatic N) is 2. The van der Waals surface area contributed by atoms with Gasteiger partial charge in [0.2, 0.25) is 0 Å². The molecule has 0 aliphatic heterocycles. The molecule has 0 aliphatic carbocycles. The molecule has 0 saturated heterocycles. The van der Waals surface area contributed by atoms with Crippen molar-refractivity contribution < 1.29 is 14.7 Å². The van der Waals surface area contributed by atoms with Gasteiger partial charge in [-0.15, -0.1) is 11.3 Å². The first-order valence-corrected chi connectivity index (χ1v) is 6.00. The van der Waals surface area contributed by atoms with Crippen LogP contribution < -0.4 is 5.32 Å². The van der Waals surface area contributed by atoms with Crippen molar-refractivity contribution in [2.45, 2.75) is 12.5 Å². The third-order valence-corrected chi connectivity index (χ3v) is 2.83. The fourth-order valence-corrected chi connectivity index (χ4v) is 1.91. The predicted molar refractivity (Wildman–Crippen MR) is 63.3 cm³/mol. The van der Waals surface area contributed by atoms with E-state index >= 15 is 0 Å². The number of nitrogens with one attached hydrogen (secondary N) is 2. The number of carboxylic acids is 1. The van der Waals surface area contributed by atoms with E-state index in [0.29, 0.717) is 5.69 Å². The summed E-state index contributed by atoms with van der Waals surface area (Å²) in [5.74, 6) is -1.60. The van der Waals surface area contributed by atoms with Crippen LogP contribution in [0.5, 0.6) is 0 Å². The zero-order valence-corrected chi connectivity index (χ0v) is 9.98. The Kier molecular flexibility index (Phi) is 3.68. The molecule has 0 aliphatic rings. The second-order valence-corrected chi connectivity index (χ2v) is 4.24. The van der Waals surface area contributed by atoms with E-state index < -0.39 is 17.9 Å². The monoisotopic (exact) mass is 266 g/mol. The summed E-state index contributed by atoms with van der Waals surface area (Å²) >= 11 is 1.27. The van der Waals surface area contributed by atoms with Crippen molar-refractivity contribution in [2.24, 2.45) is 0 Å². The summed E-state index contributed by atoms with van der Waals surface area (Å²) in [5, 5.41) is 13.0. The number of H-pyrrole nitrogens is 1. The molecule has 18 heavy (non-hydrogen) atoms. The highest BCUT2D eigenvalue weighted by atomic mass is 32.1. The van der Waals surface area contributed by atoms with Gasteiger partial charge >= 0.3 is 5.97 Å². The van der Waals surface area contributed by atoms with Gasteiger partial charge in [-0.3, -0.25) is 4.79 Å². The zero-order chi connectivity index (χ0) is 13.0. The van der Waals surface area contributed by atoms with Gasteiger partial charge in [-0.1, -0.05) is 0 Å². The molecule has 0 bridgehead atoms. The molecule has 2 rings (SSSR count). The van der Waals surface area contributed by atoms with Gasteiger partial charge in [0.1, 0.15) is 11.7 Å². The van der Waals surface area contributed by atoms with Gasteiger partial charge in [0.15, 0.2) is 0 Å². The van der Waals surface area contributed by atoms with E-state index in [4.69, 9.17) is 5.11 Å². The Morgan fingerprint density at radius 2 is 2.39 bits per heavy atom. The maximum Gasteiger partial charge on any atom is 0.326 e. The molecule has 1 unspecified atom stereocenters. The van der Waals surface area contributed by atoms with E-state index in [1.807, 2.05) is 0 Å². The SMILES string of the molecule is O=C(NC(Cc1cnc[nH]1)C(=O)O)c1cscn1. The number of hydrogen-bond acceptors (Lipinski definition) is 5. The average Bonchev–Trinajstić information content (AvgIpc) is 3.00. The van der Waals surface area contributed by atoms with Crippen molar-refractivity contribution in [3.05, 3.63) is 34.8 Å². The number of carboxylic acid groups (broad SMARTS) is 1. The number of amides is 1. The van der Waals surface area contributed by atoms with Gasteiger partial charge < -0.3 is 15.4 Å². The van der Waals surface area contributed by atoms with Crippen LogP contribution in [0.2, 0.25) is 0 Å². The Balaban J connectivity index is 2.03. The van der Waals surface area contributed by atoms with Gasteiger partial charge in [-0.05, 0) is 0 Å². The molecule has 7 nitrogen and oxygen atoms in total. The van der Waals surface area contributed by atoms with Crippen molar-refractivity contribution in [1.29, 1.82) is 0 Å². The molecule has 2 heterocycles. The average molecular weight is 266 g/mol. The van der Waals surface area contributed by atoms with E-state index in [1.165, 1.54) is 29.4 Å². The standard InChI is InChI=1S/C10H10N4O3S/c15-9(8-3-18-5-13-8)14-7(10(16)17)1-6-2-11-4-12-6/h2-5,7H,1H2,(H,11,12)(H,14,15)(H,16,17). The molecule has 3 N–H and O–H groups in total. The topological polar surface area (TPSA) is 108 Å². The van der Waals surface area contributed by atoms with E-state index in [1.54, 1.807) is 5.38 Å². The van der Waals surface area contributed by atoms with Crippen molar-refractivity contribution in [2.75, 3.05) is 0 Å². The Hall–Kier alpha value is -2.22. The first kappa shape index (κ1) is 12.2. The van der Waals surface area contributed by atoms with Crippen LogP contribution in [0.25, 0.3) is 0 Å². The van der Waals surface area contributed by atoms with E-state index in [2.05, 4.69) is 20.3 Å². The van der Waals surface area contributed by atoms with Crippen LogP contribution >= 0.6 is 11.3 Å². The lowest BCUT2D eigenvalue weighted by atomic mass is 10.1. The number of rotatable bonds is 5. The summed E-state index contributed by atoms with van der Waals surface area (Å²) in [6.45, 7) is 0. The van der Waals surface area contributed by atoms with Crippen molar-refractivity contribution >= 4 is 23.2 Å². The number of carbonyl (C=O) groups is 2. The lowest BCUT2D eigenvalue weighted by molar-refractivity contribution is -0.139. The number of aromatic nitrogens is 3. The maximum absolute atomic E-state index is 11.7. The number of hydrogen-bond donors (Lipinski definition) is 3. The lowest BCUT2D eigenvalue weighted by Gasteiger charge is -2.12. The normalized spacial score (nSPS) is 12.0. The molecule has 1 amide bonds. The fraction of sp³-hybridized carbons (Fsp3) is 0.200. The summed E-state index contributed by atoms with van der Waals surface area (Å²) in [4.78, 5) is 33.2. The second kappa shape index (κ2) is 5.41. The molecule has 2 aromatic heterocycles. The first-order valence-electron chi connectivity index (χ1n) is 5.06. The van der Waals surface area contributed by atoms with Gasteiger partial charge in [0.05, 0.1) is 11.8 Å². The largest absolute Gasteiger partial charge is 0.480 e. The summed E-state index contributed by atoms with van der Waals surface area (Å²) in [6, 6.07) is -1.01. The summed E-state index contributed by atoms with van der Waals surface area (Å²) in [7, 11) is 0. The minimum atomic E-state index is -1.10. The third-order valence-electron chi connectivity index (χ3n) is 2.25.